The highest BCUT2D eigenvalue weighted by molar-refractivity contribution is 5.20. The fourth-order valence-electron chi connectivity index (χ4n) is 1.72. The van der Waals surface area contributed by atoms with Gasteiger partial charge in [-0.1, -0.05) is 0 Å². The van der Waals surface area contributed by atoms with Gasteiger partial charge in [0.25, 0.3) is 0 Å². The van der Waals surface area contributed by atoms with E-state index < -0.39 is 0 Å². The van der Waals surface area contributed by atoms with Gasteiger partial charge in [-0.3, -0.25) is 4.98 Å². The second kappa shape index (κ2) is 5.82. The summed E-state index contributed by atoms with van der Waals surface area (Å²) in [7, 11) is 0. The fraction of sp³-hybridized carbons (Fsp3) is 0.583. The summed E-state index contributed by atoms with van der Waals surface area (Å²) in [4.78, 5) is 4.28. The zero-order valence-electron chi connectivity index (χ0n) is 9.39. The van der Waals surface area contributed by atoms with Crippen molar-refractivity contribution in [3.63, 3.8) is 0 Å². The normalized spacial score (nSPS) is 19.9. The monoisotopic (exact) mass is 222 g/mol. The van der Waals surface area contributed by atoms with Gasteiger partial charge >= 0.3 is 0 Å². The maximum atomic E-state index is 5.65. The average molecular weight is 222 g/mol. The predicted octanol–water partition coefficient (Wildman–Crippen LogP) is 0.998. The van der Waals surface area contributed by atoms with Gasteiger partial charge < -0.3 is 15.2 Å². The second-order valence-corrected chi connectivity index (χ2v) is 4.06. The van der Waals surface area contributed by atoms with Crippen LogP contribution in [0.3, 0.4) is 0 Å². The molecule has 4 heteroatoms. The predicted molar refractivity (Wildman–Crippen MR) is 61.4 cm³/mol. The van der Waals surface area contributed by atoms with Crippen LogP contribution in [0.15, 0.2) is 18.3 Å². The van der Waals surface area contributed by atoms with Crippen LogP contribution < -0.4 is 10.5 Å². The standard InChI is InChI=1S/C12H18N2O2/c13-5-3-11-1-2-12(7-14-11)16-9-10-4-6-15-8-10/h1-2,7,10H,3-6,8-9,13H2. The van der Waals surface area contributed by atoms with E-state index in [1.807, 2.05) is 12.1 Å². The van der Waals surface area contributed by atoms with Crippen LogP contribution in [0.5, 0.6) is 5.75 Å². The number of ether oxygens (including phenoxy) is 2. The van der Waals surface area contributed by atoms with Crippen molar-refractivity contribution in [2.24, 2.45) is 11.7 Å². The molecular weight excluding hydrogens is 204 g/mol. The van der Waals surface area contributed by atoms with E-state index in [1.165, 1.54) is 0 Å². The minimum Gasteiger partial charge on any atom is -0.492 e. The number of pyridine rings is 1. The molecule has 0 radical (unpaired) electrons. The number of aromatic nitrogens is 1. The Hall–Kier alpha value is -1.13. The summed E-state index contributed by atoms with van der Waals surface area (Å²) in [5, 5.41) is 0. The largest absolute Gasteiger partial charge is 0.492 e. The molecule has 1 aliphatic rings. The Labute approximate surface area is 95.8 Å². The maximum absolute atomic E-state index is 5.65. The lowest BCUT2D eigenvalue weighted by Gasteiger charge is -2.10. The zero-order valence-corrected chi connectivity index (χ0v) is 9.39. The molecule has 1 aromatic rings. The van der Waals surface area contributed by atoms with Crippen LogP contribution >= 0.6 is 0 Å². The molecule has 0 spiro atoms. The first kappa shape index (κ1) is 11.4. The Bertz CT molecular complexity index is 307. The summed E-state index contributed by atoms with van der Waals surface area (Å²) in [5.74, 6) is 1.36. The molecule has 2 N–H and O–H groups in total. The van der Waals surface area contributed by atoms with E-state index in [2.05, 4.69) is 4.98 Å². The first-order valence-electron chi connectivity index (χ1n) is 5.74. The number of hydrogen-bond acceptors (Lipinski definition) is 4. The van der Waals surface area contributed by atoms with Gasteiger partial charge in [-0.2, -0.15) is 0 Å². The molecule has 2 rings (SSSR count). The first-order valence-corrected chi connectivity index (χ1v) is 5.74. The summed E-state index contributed by atoms with van der Waals surface area (Å²) in [6, 6.07) is 3.92. The number of hydrogen-bond donors (Lipinski definition) is 1. The lowest BCUT2D eigenvalue weighted by molar-refractivity contribution is 0.167. The Morgan fingerprint density at radius 2 is 2.44 bits per heavy atom. The van der Waals surface area contributed by atoms with E-state index >= 15 is 0 Å². The van der Waals surface area contributed by atoms with Crippen LogP contribution in [0, 0.1) is 5.92 Å². The first-order chi connectivity index (χ1) is 7.88. The van der Waals surface area contributed by atoms with Crippen LogP contribution in [0.1, 0.15) is 12.1 Å². The van der Waals surface area contributed by atoms with Gasteiger partial charge in [0, 0.05) is 24.6 Å². The molecule has 2 heterocycles. The molecule has 0 aromatic carbocycles. The molecule has 1 atom stereocenters. The highest BCUT2D eigenvalue weighted by Crippen LogP contribution is 2.15. The van der Waals surface area contributed by atoms with Crippen molar-refractivity contribution in [3.8, 4) is 5.75 Å². The van der Waals surface area contributed by atoms with Gasteiger partial charge in [-0.25, -0.2) is 0 Å². The van der Waals surface area contributed by atoms with Gasteiger partial charge in [-0.15, -0.1) is 0 Å². The smallest absolute Gasteiger partial charge is 0.137 e. The van der Waals surface area contributed by atoms with Crippen molar-refractivity contribution in [3.05, 3.63) is 24.0 Å². The summed E-state index contributed by atoms with van der Waals surface area (Å²) >= 11 is 0. The lowest BCUT2D eigenvalue weighted by Crippen LogP contribution is -2.12. The molecule has 1 unspecified atom stereocenters. The molecular formula is C12H18N2O2. The summed E-state index contributed by atoms with van der Waals surface area (Å²) in [6.07, 6.45) is 3.68. The van der Waals surface area contributed by atoms with Crippen molar-refractivity contribution >= 4 is 0 Å². The van der Waals surface area contributed by atoms with Gasteiger partial charge in [-0.05, 0) is 25.1 Å². The molecule has 1 fully saturated rings. The molecule has 1 aromatic heterocycles. The third-order valence-electron chi connectivity index (χ3n) is 2.71. The third kappa shape index (κ3) is 3.18. The van der Waals surface area contributed by atoms with Gasteiger partial charge in [0.15, 0.2) is 0 Å². The zero-order chi connectivity index (χ0) is 11.2. The molecule has 1 aliphatic heterocycles. The van der Waals surface area contributed by atoms with E-state index in [4.69, 9.17) is 15.2 Å². The summed E-state index contributed by atoms with van der Waals surface area (Å²) < 4.78 is 10.9. The van der Waals surface area contributed by atoms with E-state index in [0.29, 0.717) is 12.5 Å². The topological polar surface area (TPSA) is 57.4 Å². The number of nitrogens with zero attached hydrogens (tertiary/aromatic N) is 1. The van der Waals surface area contributed by atoms with Crippen LogP contribution in [0.4, 0.5) is 0 Å². The van der Waals surface area contributed by atoms with Crippen LogP contribution in [-0.2, 0) is 11.2 Å². The van der Waals surface area contributed by atoms with Crippen LogP contribution in [-0.4, -0.2) is 31.3 Å². The maximum Gasteiger partial charge on any atom is 0.137 e. The lowest BCUT2D eigenvalue weighted by atomic mass is 10.1. The average Bonchev–Trinajstić information content (AvgIpc) is 2.82. The van der Waals surface area contributed by atoms with Crippen molar-refractivity contribution in [2.45, 2.75) is 12.8 Å². The molecule has 0 saturated carbocycles. The molecule has 0 aliphatic carbocycles. The molecule has 16 heavy (non-hydrogen) atoms. The van der Waals surface area contributed by atoms with Crippen molar-refractivity contribution in [2.75, 3.05) is 26.4 Å². The Morgan fingerprint density at radius 3 is 3.06 bits per heavy atom. The minimum absolute atomic E-state index is 0.531. The Morgan fingerprint density at radius 1 is 1.50 bits per heavy atom. The van der Waals surface area contributed by atoms with Crippen molar-refractivity contribution < 1.29 is 9.47 Å². The highest BCUT2D eigenvalue weighted by atomic mass is 16.5. The molecule has 4 nitrogen and oxygen atoms in total. The third-order valence-corrected chi connectivity index (χ3v) is 2.71. The summed E-state index contributed by atoms with van der Waals surface area (Å²) in [6.45, 7) is 3.03. The Balaban J connectivity index is 1.80. The highest BCUT2D eigenvalue weighted by Gasteiger charge is 2.16. The van der Waals surface area contributed by atoms with Gasteiger partial charge in [0.05, 0.1) is 19.4 Å². The van der Waals surface area contributed by atoms with Crippen molar-refractivity contribution in [1.29, 1.82) is 0 Å². The van der Waals surface area contributed by atoms with Crippen molar-refractivity contribution in [1.82, 2.24) is 4.98 Å². The second-order valence-electron chi connectivity index (χ2n) is 4.06. The quantitative estimate of drug-likeness (QED) is 0.807. The van der Waals surface area contributed by atoms with Gasteiger partial charge in [0.1, 0.15) is 5.75 Å². The molecule has 0 amide bonds. The SMILES string of the molecule is NCCc1ccc(OCC2CCOC2)cn1. The molecule has 88 valence electrons. The molecule has 1 saturated heterocycles. The van der Waals surface area contributed by atoms with E-state index in [-0.39, 0.29) is 0 Å². The van der Waals surface area contributed by atoms with E-state index in [0.717, 1.165) is 44.1 Å². The van der Waals surface area contributed by atoms with Crippen LogP contribution in [0.25, 0.3) is 0 Å². The van der Waals surface area contributed by atoms with E-state index in [9.17, 15) is 0 Å². The number of nitrogens with two attached hydrogens (primary N) is 1. The van der Waals surface area contributed by atoms with Crippen LogP contribution in [0.2, 0.25) is 0 Å². The summed E-state index contributed by atoms with van der Waals surface area (Å²) in [5.41, 5.74) is 6.47. The van der Waals surface area contributed by atoms with Gasteiger partial charge in [0.2, 0.25) is 0 Å². The number of rotatable bonds is 5. The molecule has 0 bridgehead atoms. The minimum atomic E-state index is 0.531. The Kier molecular flexibility index (Phi) is 4.13. The fourth-order valence-corrected chi connectivity index (χ4v) is 1.72. The van der Waals surface area contributed by atoms with E-state index in [1.54, 1.807) is 6.20 Å².